The molecule has 1 fully saturated rings. The van der Waals surface area contributed by atoms with E-state index in [0.29, 0.717) is 13.0 Å². The minimum Gasteiger partial charge on any atom is -0.369 e. The highest BCUT2D eigenvalue weighted by atomic mass is 32.1. The summed E-state index contributed by atoms with van der Waals surface area (Å²) in [6.07, 6.45) is 9.57. The molecule has 0 N–H and O–H groups in total. The number of fused-ring (bicyclic) bond motifs is 4. The smallest absolute Gasteiger partial charge is 0.262 e. The number of carbonyl (C=O) groups excluding carboxylic acids is 1. The number of rotatable bonds is 5. The number of likely N-dealkylation sites (tertiary alicyclic amines) is 1. The van der Waals surface area contributed by atoms with Gasteiger partial charge in [-0.3, -0.25) is 14.2 Å². The van der Waals surface area contributed by atoms with E-state index in [0.717, 1.165) is 68.4 Å². The molecule has 3 aliphatic rings. The maximum Gasteiger partial charge on any atom is 0.262 e. The molecule has 4 heterocycles. The molecule has 6 nitrogen and oxygen atoms in total. The van der Waals surface area contributed by atoms with E-state index in [2.05, 4.69) is 39.0 Å². The number of hydrogen-bond acceptors (Lipinski definition) is 5. The van der Waals surface area contributed by atoms with Crippen LogP contribution in [0.2, 0.25) is 0 Å². The van der Waals surface area contributed by atoms with Crippen LogP contribution in [0.15, 0.2) is 35.4 Å². The van der Waals surface area contributed by atoms with E-state index in [-0.39, 0.29) is 17.5 Å². The highest BCUT2D eigenvalue weighted by molar-refractivity contribution is 7.18. The van der Waals surface area contributed by atoms with E-state index in [9.17, 15) is 9.59 Å². The van der Waals surface area contributed by atoms with Crippen LogP contribution in [0, 0.1) is 0 Å². The zero-order chi connectivity index (χ0) is 22.4. The second-order valence-corrected chi connectivity index (χ2v) is 10.7. The number of anilines is 1. The van der Waals surface area contributed by atoms with Gasteiger partial charge in [0.1, 0.15) is 4.83 Å². The van der Waals surface area contributed by atoms with Crippen molar-refractivity contribution in [3.8, 4) is 0 Å². The van der Waals surface area contributed by atoms with Gasteiger partial charge in [-0.05, 0) is 62.1 Å². The fraction of sp³-hybridized carbons (Fsp3) is 0.500. The molecule has 1 aromatic carbocycles. The fourth-order valence-electron chi connectivity index (χ4n) is 5.90. The molecule has 0 spiro atoms. The van der Waals surface area contributed by atoms with E-state index in [1.54, 1.807) is 22.2 Å². The first-order chi connectivity index (χ1) is 16.2. The van der Waals surface area contributed by atoms with Crippen LogP contribution in [0.3, 0.4) is 0 Å². The molecule has 7 heteroatoms. The van der Waals surface area contributed by atoms with Gasteiger partial charge < -0.3 is 9.80 Å². The van der Waals surface area contributed by atoms with Gasteiger partial charge in [-0.25, -0.2) is 4.98 Å². The molecule has 0 bridgehead atoms. The van der Waals surface area contributed by atoms with E-state index in [1.165, 1.54) is 28.1 Å². The molecule has 0 saturated carbocycles. The summed E-state index contributed by atoms with van der Waals surface area (Å²) in [6.45, 7) is 3.16. The number of carbonyl (C=O) groups is 1. The average Bonchev–Trinajstić information content (AvgIpc) is 3.56. The first-order valence-corrected chi connectivity index (χ1v) is 13.1. The number of nitrogens with zero attached hydrogens (tertiary/aromatic N) is 4. The minimum absolute atomic E-state index is 0.0267. The van der Waals surface area contributed by atoms with Gasteiger partial charge in [0.05, 0.1) is 11.7 Å². The molecule has 1 atom stereocenters. The van der Waals surface area contributed by atoms with E-state index < -0.39 is 0 Å². The highest BCUT2D eigenvalue weighted by Crippen LogP contribution is 2.33. The van der Waals surface area contributed by atoms with Crippen molar-refractivity contribution in [2.45, 2.75) is 64.0 Å². The van der Waals surface area contributed by atoms with Crippen LogP contribution in [-0.2, 0) is 30.6 Å². The number of amides is 1. The van der Waals surface area contributed by atoms with Crippen molar-refractivity contribution in [2.24, 2.45) is 0 Å². The minimum atomic E-state index is 0.0267. The van der Waals surface area contributed by atoms with Crippen LogP contribution in [0.4, 0.5) is 5.69 Å². The third-order valence-electron chi connectivity index (χ3n) is 7.62. The Morgan fingerprint density at radius 3 is 2.91 bits per heavy atom. The lowest BCUT2D eigenvalue weighted by molar-refractivity contribution is -0.132. The first-order valence-electron chi connectivity index (χ1n) is 12.3. The van der Waals surface area contributed by atoms with Gasteiger partial charge in [0.15, 0.2) is 0 Å². The first kappa shape index (κ1) is 20.9. The summed E-state index contributed by atoms with van der Waals surface area (Å²) >= 11 is 1.67. The number of aryl methyl sites for hydroxylation is 3. The summed E-state index contributed by atoms with van der Waals surface area (Å²) in [6, 6.07) is 8.86. The number of benzene rings is 1. The molecular weight excluding hydrogens is 432 g/mol. The molecule has 2 aliphatic heterocycles. The van der Waals surface area contributed by atoms with Crippen molar-refractivity contribution < 1.29 is 4.79 Å². The third-order valence-corrected chi connectivity index (χ3v) is 8.82. The van der Waals surface area contributed by atoms with Gasteiger partial charge in [-0.15, -0.1) is 11.3 Å². The summed E-state index contributed by atoms with van der Waals surface area (Å²) in [5.41, 5.74) is 3.97. The normalized spacial score (nSPS) is 19.8. The van der Waals surface area contributed by atoms with Gasteiger partial charge in [0.2, 0.25) is 5.91 Å². The maximum atomic E-state index is 13.2. The molecule has 1 aliphatic carbocycles. The van der Waals surface area contributed by atoms with Crippen LogP contribution in [0.25, 0.3) is 10.2 Å². The summed E-state index contributed by atoms with van der Waals surface area (Å²) in [5, 5.41) is 0.802. The van der Waals surface area contributed by atoms with Gasteiger partial charge >= 0.3 is 0 Å². The predicted molar refractivity (Wildman–Crippen MR) is 132 cm³/mol. The molecule has 6 rings (SSSR count). The van der Waals surface area contributed by atoms with Crippen molar-refractivity contribution in [2.75, 3.05) is 24.5 Å². The van der Waals surface area contributed by atoms with Crippen LogP contribution >= 0.6 is 11.3 Å². The molecule has 1 saturated heterocycles. The van der Waals surface area contributed by atoms with Crippen LogP contribution in [-0.4, -0.2) is 46.0 Å². The predicted octanol–water partition coefficient (Wildman–Crippen LogP) is 3.78. The summed E-state index contributed by atoms with van der Waals surface area (Å²) in [4.78, 5) is 37.7. The fourth-order valence-corrected chi connectivity index (χ4v) is 7.12. The molecular formula is C26H30N4O2S. The zero-order valence-electron chi connectivity index (χ0n) is 19.0. The largest absolute Gasteiger partial charge is 0.369 e. The molecule has 2 aromatic heterocycles. The lowest BCUT2D eigenvalue weighted by atomic mass is 9.97. The summed E-state index contributed by atoms with van der Waals surface area (Å²) < 4.78 is 1.66. The lowest BCUT2D eigenvalue weighted by Gasteiger charge is -2.30. The average molecular weight is 463 g/mol. The maximum absolute atomic E-state index is 13.2. The van der Waals surface area contributed by atoms with Gasteiger partial charge in [0, 0.05) is 49.2 Å². The van der Waals surface area contributed by atoms with Gasteiger partial charge in [-0.1, -0.05) is 18.2 Å². The standard InChI is InChI=1S/C26H30N4O2S/c31-23(30-13-5-7-19(30)16-28-14-11-18-6-1-3-9-21(18)28)12-15-29-17-27-25-24(26(29)32)20-8-2-4-10-22(20)33-25/h1,3,6,9,17,19H,2,4-5,7-8,10-16H2. The third kappa shape index (κ3) is 3.76. The van der Waals surface area contributed by atoms with Crippen molar-refractivity contribution in [1.82, 2.24) is 14.5 Å². The Bertz CT molecular complexity index is 1260. The number of hydrogen-bond donors (Lipinski definition) is 0. The Morgan fingerprint density at radius 1 is 1.09 bits per heavy atom. The van der Waals surface area contributed by atoms with Crippen molar-refractivity contribution in [1.29, 1.82) is 0 Å². The topological polar surface area (TPSA) is 58.4 Å². The molecule has 33 heavy (non-hydrogen) atoms. The molecule has 1 unspecified atom stereocenters. The van der Waals surface area contributed by atoms with Crippen molar-refractivity contribution in [3.05, 3.63) is 57.0 Å². The zero-order valence-corrected chi connectivity index (χ0v) is 19.8. The Hall–Kier alpha value is -2.67. The quantitative estimate of drug-likeness (QED) is 0.579. The summed E-state index contributed by atoms with van der Waals surface area (Å²) in [5.74, 6) is 0.157. The lowest BCUT2D eigenvalue weighted by Crippen LogP contribution is -2.43. The molecule has 3 aromatic rings. The Kier molecular flexibility index (Phi) is 5.45. The van der Waals surface area contributed by atoms with Crippen LogP contribution in [0.1, 0.15) is 48.1 Å². The Labute approximate surface area is 197 Å². The van der Waals surface area contributed by atoms with Crippen molar-refractivity contribution in [3.63, 3.8) is 0 Å². The van der Waals surface area contributed by atoms with Crippen molar-refractivity contribution >= 4 is 33.1 Å². The highest BCUT2D eigenvalue weighted by Gasteiger charge is 2.31. The van der Waals surface area contributed by atoms with Gasteiger partial charge in [-0.2, -0.15) is 0 Å². The van der Waals surface area contributed by atoms with E-state index >= 15 is 0 Å². The van der Waals surface area contributed by atoms with Crippen LogP contribution < -0.4 is 10.5 Å². The van der Waals surface area contributed by atoms with E-state index in [4.69, 9.17) is 0 Å². The molecule has 172 valence electrons. The molecule has 0 radical (unpaired) electrons. The molecule has 1 amide bonds. The number of thiophene rings is 1. The SMILES string of the molecule is O=C(CCn1cnc2sc3c(c2c1=O)CCCC3)N1CCCC1CN1CCc2ccccc21. The van der Waals surface area contributed by atoms with Crippen LogP contribution in [0.5, 0.6) is 0 Å². The van der Waals surface area contributed by atoms with Gasteiger partial charge in [0.25, 0.3) is 5.56 Å². The number of para-hydroxylation sites is 1. The second kappa shape index (κ2) is 8.60. The Morgan fingerprint density at radius 2 is 1.97 bits per heavy atom. The second-order valence-electron chi connectivity index (χ2n) is 9.59. The Balaban J connectivity index is 1.15. The van der Waals surface area contributed by atoms with E-state index in [1.807, 2.05) is 0 Å². The monoisotopic (exact) mass is 462 g/mol. The summed E-state index contributed by atoms with van der Waals surface area (Å²) in [7, 11) is 0. The number of aromatic nitrogens is 2.